The number of amides is 4. The maximum Gasteiger partial charge on any atom is 0.332 e. The molecule has 0 aliphatic carbocycles. The maximum absolute atomic E-state index is 14.4. The number of fused-ring (bicyclic) bond motifs is 3. The molecular formula is C33H33Cl2N9O3S. The van der Waals surface area contributed by atoms with Crippen LogP contribution in [0.25, 0.3) is 21.1 Å². The molecule has 2 aliphatic rings. The van der Waals surface area contributed by atoms with Crippen molar-refractivity contribution in [2.75, 3.05) is 18.8 Å². The van der Waals surface area contributed by atoms with Crippen LogP contribution >= 0.6 is 34.5 Å². The molecule has 0 unspecified atom stereocenters. The van der Waals surface area contributed by atoms with Gasteiger partial charge in [-0.15, -0.1) is 0 Å². The largest absolute Gasteiger partial charge is 0.375 e. The number of para-hydroxylation sites is 1. The fraction of sp³-hybridized carbons (Fsp3) is 0.303. The molecule has 2 aliphatic heterocycles. The van der Waals surface area contributed by atoms with Crippen LogP contribution in [0.15, 0.2) is 60.8 Å². The number of aromatic nitrogens is 3. The first kappa shape index (κ1) is 32.1. The van der Waals surface area contributed by atoms with Crippen molar-refractivity contribution in [2.24, 2.45) is 0 Å². The van der Waals surface area contributed by atoms with E-state index in [0.717, 1.165) is 37.8 Å². The second-order valence-electron chi connectivity index (χ2n) is 12.3. The van der Waals surface area contributed by atoms with Crippen molar-refractivity contribution in [1.82, 2.24) is 40.3 Å². The summed E-state index contributed by atoms with van der Waals surface area (Å²) in [6, 6.07) is 15.4. The molecule has 5 aromatic rings. The number of urea groups is 1. The molecule has 0 saturated carbocycles. The van der Waals surface area contributed by atoms with Gasteiger partial charge < -0.3 is 20.9 Å². The number of carbonyl (C=O) groups is 3. The summed E-state index contributed by atoms with van der Waals surface area (Å²) >= 11 is 13.7. The van der Waals surface area contributed by atoms with Gasteiger partial charge in [-0.1, -0.05) is 58.8 Å². The zero-order chi connectivity index (χ0) is 33.7. The fourth-order valence-electron chi connectivity index (χ4n) is 6.62. The average Bonchev–Trinajstić information content (AvgIpc) is 3.76. The lowest BCUT2D eigenvalue weighted by molar-refractivity contribution is -0.158. The molecule has 4 heterocycles. The number of aromatic amines is 1. The van der Waals surface area contributed by atoms with E-state index in [1.165, 1.54) is 11.3 Å². The number of H-pyrrole nitrogens is 1. The number of nitrogens with one attached hydrogen (secondary N) is 2. The molecule has 4 amide bonds. The van der Waals surface area contributed by atoms with Crippen LogP contribution in [-0.4, -0.2) is 84.2 Å². The Kier molecular flexibility index (Phi) is 8.62. The van der Waals surface area contributed by atoms with Gasteiger partial charge in [0.1, 0.15) is 12.2 Å². The smallest absolute Gasteiger partial charge is 0.332 e. The van der Waals surface area contributed by atoms with E-state index in [9.17, 15) is 14.4 Å². The molecule has 248 valence electrons. The molecule has 12 nitrogen and oxygen atoms in total. The van der Waals surface area contributed by atoms with E-state index in [2.05, 4.69) is 20.5 Å². The molecule has 3 aromatic carbocycles. The van der Waals surface area contributed by atoms with Gasteiger partial charge in [-0.05, 0) is 60.9 Å². The Morgan fingerprint density at radius 1 is 1.12 bits per heavy atom. The lowest BCUT2D eigenvalue weighted by atomic mass is 9.99. The topological polar surface area (TPSA) is 144 Å². The number of benzene rings is 3. The minimum absolute atomic E-state index is 0.0559. The number of nitrogens with zero attached hydrogens (tertiary/aromatic N) is 6. The molecule has 2 aromatic heterocycles. The summed E-state index contributed by atoms with van der Waals surface area (Å²) in [5, 5.41) is 15.6. The van der Waals surface area contributed by atoms with Gasteiger partial charge in [-0.25, -0.2) is 9.78 Å². The van der Waals surface area contributed by atoms with Crippen LogP contribution in [0.1, 0.15) is 30.5 Å². The SMILES string of the molecule is CC(C)N(C(=O)NCc1ccc(Cl)c(Cl)c1)N1CC(=O)N2[C@@H](Cc3ccc4[nH]ncc4c3)C(=O)N(Cc3cccc4sc(N)nc34)C[C@@H]21. The van der Waals surface area contributed by atoms with Crippen LogP contribution in [0, 0.1) is 0 Å². The van der Waals surface area contributed by atoms with Gasteiger partial charge in [0.15, 0.2) is 5.13 Å². The van der Waals surface area contributed by atoms with Crippen LogP contribution in [0.5, 0.6) is 0 Å². The minimum atomic E-state index is -0.793. The molecule has 2 atom stereocenters. The van der Waals surface area contributed by atoms with Crippen LogP contribution in [-0.2, 0) is 29.1 Å². The van der Waals surface area contributed by atoms with Gasteiger partial charge in [0.05, 0.1) is 45.1 Å². The first-order valence-corrected chi connectivity index (χ1v) is 17.1. The number of hydrazine groups is 1. The van der Waals surface area contributed by atoms with Crippen molar-refractivity contribution in [3.63, 3.8) is 0 Å². The summed E-state index contributed by atoms with van der Waals surface area (Å²) in [5.74, 6) is -0.395. The third-order valence-electron chi connectivity index (χ3n) is 8.78. The van der Waals surface area contributed by atoms with Crippen molar-refractivity contribution in [1.29, 1.82) is 0 Å². The third kappa shape index (κ3) is 6.02. The summed E-state index contributed by atoms with van der Waals surface area (Å²) < 4.78 is 0.934. The van der Waals surface area contributed by atoms with E-state index in [1.807, 2.05) is 50.2 Å². The van der Waals surface area contributed by atoms with Crippen molar-refractivity contribution >= 4 is 78.6 Å². The number of hydrogen-bond donors (Lipinski definition) is 3. The van der Waals surface area contributed by atoms with Crippen molar-refractivity contribution < 1.29 is 14.4 Å². The highest BCUT2D eigenvalue weighted by Gasteiger charge is 2.52. The Morgan fingerprint density at radius 3 is 2.73 bits per heavy atom. The Hall–Kier alpha value is -4.43. The summed E-state index contributed by atoms with van der Waals surface area (Å²) in [5.41, 5.74) is 10.2. The van der Waals surface area contributed by atoms with E-state index >= 15 is 0 Å². The van der Waals surface area contributed by atoms with E-state index in [4.69, 9.17) is 28.9 Å². The molecular weight excluding hydrogens is 673 g/mol. The minimum Gasteiger partial charge on any atom is -0.375 e. The second-order valence-corrected chi connectivity index (χ2v) is 14.1. The van der Waals surface area contributed by atoms with Gasteiger partial charge in [0, 0.05) is 30.9 Å². The Balaban J connectivity index is 1.21. The predicted molar refractivity (Wildman–Crippen MR) is 186 cm³/mol. The number of carbonyl (C=O) groups excluding carboxylic acids is 3. The van der Waals surface area contributed by atoms with E-state index in [-0.39, 0.29) is 50.1 Å². The molecule has 2 fully saturated rings. The number of anilines is 1. The second kappa shape index (κ2) is 12.9. The Bertz CT molecular complexity index is 2050. The highest BCUT2D eigenvalue weighted by molar-refractivity contribution is 7.22. The first-order valence-electron chi connectivity index (χ1n) is 15.5. The molecule has 0 radical (unpaired) electrons. The zero-order valence-electron chi connectivity index (χ0n) is 26.2. The quantitative estimate of drug-likeness (QED) is 0.206. The molecule has 0 bridgehead atoms. The molecule has 15 heteroatoms. The molecule has 0 spiro atoms. The zero-order valence-corrected chi connectivity index (χ0v) is 28.5. The fourth-order valence-corrected chi connectivity index (χ4v) is 7.72. The summed E-state index contributed by atoms with van der Waals surface area (Å²) in [7, 11) is 0. The van der Waals surface area contributed by atoms with Crippen molar-refractivity contribution in [3.8, 4) is 0 Å². The number of nitrogens with two attached hydrogens (primary N) is 1. The lowest BCUT2D eigenvalue weighted by Gasteiger charge is -2.47. The summed E-state index contributed by atoms with van der Waals surface area (Å²) in [6.45, 7) is 4.40. The number of halogens is 2. The van der Waals surface area contributed by atoms with Crippen LogP contribution in [0.2, 0.25) is 10.0 Å². The monoisotopic (exact) mass is 705 g/mol. The average molecular weight is 707 g/mol. The van der Waals surface area contributed by atoms with Crippen molar-refractivity contribution in [3.05, 3.63) is 87.5 Å². The van der Waals surface area contributed by atoms with E-state index < -0.39 is 12.2 Å². The lowest BCUT2D eigenvalue weighted by Crippen LogP contribution is -2.66. The molecule has 48 heavy (non-hydrogen) atoms. The van der Waals surface area contributed by atoms with E-state index in [1.54, 1.807) is 44.2 Å². The number of rotatable bonds is 8. The molecule has 7 rings (SSSR count). The van der Waals surface area contributed by atoms with Gasteiger partial charge in [0.25, 0.3) is 0 Å². The standard InChI is InChI=1S/C33H33Cl2N9O3S/c1-18(2)44(33(47)37-13-20-6-8-23(34)24(35)11-20)42-17-29(45)43-26(12-19-7-9-25-22(10-19)14-38-40-25)31(46)41(16-28(42)43)15-21-4-3-5-27-30(21)39-32(36)48-27/h3-11,14,18,26,28H,12-13,15-17H2,1-2H3,(H2,36,39)(H,37,47)(H,38,40)/t26-,28+/m0/s1. The predicted octanol–water partition coefficient (Wildman–Crippen LogP) is 5.02. The maximum atomic E-state index is 14.4. The Morgan fingerprint density at radius 2 is 1.94 bits per heavy atom. The van der Waals surface area contributed by atoms with Gasteiger partial charge in [-0.2, -0.15) is 10.1 Å². The number of piperazine rings is 1. The van der Waals surface area contributed by atoms with Crippen LogP contribution < -0.4 is 11.1 Å². The summed E-state index contributed by atoms with van der Waals surface area (Å²) in [4.78, 5) is 50.0. The number of nitrogen functional groups attached to an aromatic ring is 1. The number of hydrogen-bond acceptors (Lipinski definition) is 8. The van der Waals surface area contributed by atoms with Gasteiger partial charge >= 0.3 is 6.03 Å². The third-order valence-corrected chi connectivity index (χ3v) is 10.4. The highest BCUT2D eigenvalue weighted by Crippen LogP contribution is 2.33. The van der Waals surface area contributed by atoms with Crippen LogP contribution in [0.3, 0.4) is 0 Å². The van der Waals surface area contributed by atoms with Crippen molar-refractivity contribution in [2.45, 2.75) is 51.6 Å². The van der Waals surface area contributed by atoms with Gasteiger partial charge in [0.2, 0.25) is 11.8 Å². The molecule has 2 saturated heterocycles. The highest BCUT2D eigenvalue weighted by atomic mass is 35.5. The van der Waals surface area contributed by atoms with E-state index in [0.29, 0.717) is 21.6 Å². The van der Waals surface area contributed by atoms with Crippen LogP contribution in [0.4, 0.5) is 9.93 Å². The van der Waals surface area contributed by atoms with Gasteiger partial charge in [-0.3, -0.25) is 19.7 Å². The molecule has 4 N–H and O–H groups in total. The normalized spacial score (nSPS) is 18.4. The number of thiazole rings is 1. The summed E-state index contributed by atoms with van der Waals surface area (Å²) in [6.07, 6.45) is 1.44. The Labute approximate surface area is 290 Å². The first-order chi connectivity index (χ1) is 23.1.